The number of halogens is 1. The lowest BCUT2D eigenvalue weighted by Crippen LogP contribution is -2.41. The number of anilines is 1. The SMILES string of the molecule is C=Ic1cc(C)cc([C@@H]2CC=NN2C(=O)C2CCN(c3cc(C#N)ncn3)CC2)c1. The number of hydrazone groups is 1. The Hall–Kier alpha value is -2.67. The highest BCUT2D eigenvalue weighted by Crippen LogP contribution is 2.33. The first kappa shape index (κ1) is 20.6. The van der Waals surface area contributed by atoms with Crippen LogP contribution in [0.3, 0.4) is 0 Å². The second-order valence-corrected chi connectivity index (χ2v) is 9.57. The van der Waals surface area contributed by atoms with Crippen molar-refractivity contribution in [3.05, 3.63) is 51.0 Å². The molecular formula is C22H23IN6O. The number of aryl methyl sites for hydroxylation is 1. The van der Waals surface area contributed by atoms with E-state index in [1.54, 1.807) is 11.1 Å². The normalized spacial score (nSPS) is 19.1. The molecule has 2 aromatic rings. The lowest BCUT2D eigenvalue weighted by molar-refractivity contribution is -0.138. The molecule has 2 aliphatic heterocycles. The summed E-state index contributed by atoms with van der Waals surface area (Å²) in [4.78, 5) is 23.6. The van der Waals surface area contributed by atoms with Gasteiger partial charge in [0.2, 0.25) is 5.91 Å². The number of hydrogen-bond acceptors (Lipinski definition) is 6. The van der Waals surface area contributed by atoms with Crippen molar-refractivity contribution >= 4 is 43.2 Å². The number of aromatic nitrogens is 2. The fourth-order valence-corrected chi connectivity index (χ4v) is 5.35. The van der Waals surface area contributed by atoms with Crippen molar-refractivity contribution in [3.8, 4) is 6.07 Å². The van der Waals surface area contributed by atoms with E-state index in [0.29, 0.717) is 5.69 Å². The van der Waals surface area contributed by atoms with Gasteiger partial charge in [0.15, 0.2) is 0 Å². The van der Waals surface area contributed by atoms with Gasteiger partial charge in [-0.05, 0) is 43.0 Å². The number of hydrogen-bond donors (Lipinski definition) is 0. The molecule has 7 nitrogen and oxygen atoms in total. The maximum atomic E-state index is 13.3. The van der Waals surface area contributed by atoms with Gasteiger partial charge >= 0.3 is 0 Å². The summed E-state index contributed by atoms with van der Waals surface area (Å²) in [6.45, 7) is 3.54. The first-order valence-electron chi connectivity index (χ1n) is 9.91. The number of rotatable bonds is 4. The van der Waals surface area contributed by atoms with Crippen molar-refractivity contribution in [2.24, 2.45) is 11.0 Å². The van der Waals surface area contributed by atoms with Crippen molar-refractivity contribution < 1.29 is 4.79 Å². The van der Waals surface area contributed by atoms with Crippen LogP contribution in [0.5, 0.6) is 0 Å². The maximum Gasteiger partial charge on any atom is 0.246 e. The predicted molar refractivity (Wildman–Crippen MR) is 125 cm³/mol. The molecule has 0 radical (unpaired) electrons. The Balaban J connectivity index is 1.44. The lowest BCUT2D eigenvalue weighted by atomic mass is 9.94. The Labute approximate surface area is 186 Å². The fraction of sp³-hybridized carbons (Fsp3) is 0.364. The Bertz CT molecular complexity index is 1040. The van der Waals surface area contributed by atoms with Crippen LogP contribution in [-0.4, -0.2) is 44.7 Å². The number of amides is 1. The first-order chi connectivity index (χ1) is 14.6. The average molecular weight is 514 g/mol. The molecule has 0 saturated carbocycles. The Morgan fingerprint density at radius 1 is 1.23 bits per heavy atom. The van der Waals surface area contributed by atoms with Gasteiger partial charge in [0, 0.05) is 41.3 Å². The van der Waals surface area contributed by atoms with Gasteiger partial charge in [0.05, 0.1) is 6.04 Å². The molecular weight excluding hydrogens is 491 g/mol. The molecule has 1 aromatic heterocycles. The van der Waals surface area contributed by atoms with Gasteiger partial charge in [-0.1, -0.05) is 31.3 Å². The second kappa shape index (κ2) is 9.00. The third-order valence-corrected chi connectivity index (χ3v) is 7.10. The molecule has 30 heavy (non-hydrogen) atoms. The summed E-state index contributed by atoms with van der Waals surface area (Å²) in [5, 5.41) is 15.2. The van der Waals surface area contributed by atoms with E-state index in [1.807, 2.05) is 12.3 Å². The zero-order chi connectivity index (χ0) is 21.1. The van der Waals surface area contributed by atoms with Gasteiger partial charge in [-0.25, -0.2) is 15.0 Å². The van der Waals surface area contributed by atoms with Crippen LogP contribution in [0.25, 0.3) is 0 Å². The van der Waals surface area contributed by atoms with Crippen LogP contribution < -0.4 is 4.90 Å². The van der Waals surface area contributed by atoms with E-state index in [4.69, 9.17) is 5.26 Å². The van der Waals surface area contributed by atoms with Gasteiger partial charge < -0.3 is 4.90 Å². The molecule has 1 aromatic carbocycles. The second-order valence-electron chi connectivity index (χ2n) is 7.56. The van der Waals surface area contributed by atoms with Crippen LogP contribution in [0.4, 0.5) is 5.82 Å². The molecule has 154 valence electrons. The zero-order valence-corrected chi connectivity index (χ0v) is 19.0. The van der Waals surface area contributed by atoms with Gasteiger partial charge in [-0.15, -0.1) is 0 Å². The molecule has 0 unspecified atom stereocenters. The van der Waals surface area contributed by atoms with E-state index in [9.17, 15) is 4.79 Å². The van der Waals surface area contributed by atoms with Gasteiger partial charge in [0.1, 0.15) is 23.9 Å². The van der Waals surface area contributed by atoms with E-state index in [-0.39, 0.29) is 38.6 Å². The third-order valence-electron chi connectivity index (χ3n) is 5.59. The molecule has 8 heteroatoms. The molecule has 1 amide bonds. The highest BCUT2D eigenvalue weighted by molar-refractivity contribution is 14.2. The number of benzene rings is 1. The summed E-state index contributed by atoms with van der Waals surface area (Å²) in [6, 6.07) is 10.3. The number of carbonyl (C=O) groups excluding carboxylic acids is 1. The number of piperidine rings is 1. The van der Waals surface area contributed by atoms with Crippen molar-refractivity contribution in [1.29, 1.82) is 5.26 Å². The highest BCUT2D eigenvalue weighted by atomic mass is 127. The van der Waals surface area contributed by atoms with Crippen molar-refractivity contribution in [1.82, 2.24) is 15.0 Å². The van der Waals surface area contributed by atoms with Crippen molar-refractivity contribution in [3.63, 3.8) is 0 Å². The molecule has 0 N–H and O–H groups in total. The minimum atomic E-state index is -0.245. The molecule has 1 atom stereocenters. The predicted octanol–water partition coefficient (Wildman–Crippen LogP) is 3.40. The Kier molecular flexibility index (Phi) is 6.18. The fourth-order valence-electron chi connectivity index (χ4n) is 4.06. The van der Waals surface area contributed by atoms with Crippen LogP contribution >= 0.6 is 20.7 Å². The molecule has 3 heterocycles. The number of nitriles is 1. The molecule has 4 rings (SSSR count). The smallest absolute Gasteiger partial charge is 0.246 e. The van der Waals surface area contributed by atoms with Crippen LogP contribution in [-0.2, 0) is 4.79 Å². The summed E-state index contributed by atoms with van der Waals surface area (Å²) in [7, 11) is 0. The largest absolute Gasteiger partial charge is 0.356 e. The van der Waals surface area contributed by atoms with Crippen LogP contribution in [0.1, 0.15) is 42.1 Å². The Morgan fingerprint density at radius 3 is 2.77 bits per heavy atom. The first-order valence-corrected chi connectivity index (χ1v) is 12.5. The van der Waals surface area contributed by atoms with E-state index in [1.165, 1.54) is 15.5 Å². The lowest BCUT2D eigenvalue weighted by Gasteiger charge is -2.34. The van der Waals surface area contributed by atoms with Crippen LogP contribution in [0.2, 0.25) is 0 Å². The summed E-state index contributed by atoms with van der Waals surface area (Å²) in [5.74, 6) is 0.787. The minimum Gasteiger partial charge on any atom is -0.356 e. The summed E-state index contributed by atoms with van der Waals surface area (Å²) in [6.07, 6.45) is 5.50. The molecule has 1 fully saturated rings. The highest BCUT2D eigenvalue weighted by Gasteiger charge is 2.35. The minimum absolute atomic E-state index is 0.0233. The van der Waals surface area contributed by atoms with Crippen LogP contribution in [0, 0.1) is 27.7 Å². The van der Waals surface area contributed by atoms with Crippen LogP contribution in [0.15, 0.2) is 35.7 Å². The summed E-state index contributed by atoms with van der Waals surface area (Å²) < 4.78 is 5.39. The standard InChI is InChI=1S/C22H23IN6O/c1-15-9-17(11-18(10-15)23-2)20-3-6-27-29(20)22(30)16-4-7-28(8-5-16)21-12-19(13-24)25-14-26-21/h6,9-12,14,16,20H,2-5,7-8H2,1H3/t20-/m0/s1. The average Bonchev–Trinajstić information content (AvgIpc) is 3.28. The quantitative estimate of drug-likeness (QED) is 0.584. The third kappa shape index (κ3) is 4.26. The van der Waals surface area contributed by atoms with Gasteiger partial charge in [-0.3, -0.25) is 4.79 Å². The Morgan fingerprint density at radius 2 is 2.03 bits per heavy atom. The summed E-state index contributed by atoms with van der Waals surface area (Å²) in [5.41, 5.74) is 2.72. The summed E-state index contributed by atoms with van der Waals surface area (Å²) >= 11 is -0.245. The molecule has 1 saturated heterocycles. The monoisotopic (exact) mass is 514 g/mol. The maximum absolute atomic E-state index is 13.3. The van der Waals surface area contributed by atoms with E-state index >= 15 is 0 Å². The zero-order valence-electron chi connectivity index (χ0n) is 16.8. The van der Waals surface area contributed by atoms with Gasteiger partial charge in [-0.2, -0.15) is 10.4 Å². The topological polar surface area (TPSA) is 85.5 Å². The number of nitrogens with zero attached hydrogens (tertiary/aromatic N) is 6. The van der Waals surface area contributed by atoms with E-state index in [2.05, 4.69) is 49.6 Å². The molecule has 0 spiro atoms. The molecule has 0 bridgehead atoms. The van der Waals surface area contributed by atoms with Crippen molar-refractivity contribution in [2.45, 2.75) is 32.2 Å². The van der Waals surface area contributed by atoms with Crippen molar-refractivity contribution in [2.75, 3.05) is 18.0 Å². The van der Waals surface area contributed by atoms with E-state index < -0.39 is 0 Å². The van der Waals surface area contributed by atoms with Gasteiger partial charge in [0.25, 0.3) is 0 Å². The van der Waals surface area contributed by atoms with E-state index in [0.717, 1.165) is 43.7 Å². The molecule has 0 aliphatic carbocycles. The number of carbonyl (C=O) groups is 1. The molecule has 2 aliphatic rings.